The molecule has 0 unspecified atom stereocenters. The van der Waals surface area contributed by atoms with Crippen molar-refractivity contribution >= 4 is 50.7 Å². The van der Waals surface area contributed by atoms with Crippen LogP contribution in [0.25, 0.3) is 0 Å². The zero-order chi connectivity index (χ0) is 27.6. The zero-order valence-electron chi connectivity index (χ0n) is 22.0. The van der Waals surface area contributed by atoms with Crippen molar-refractivity contribution in [2.75, 3.05) is 23.7 Å². The van der Waals surface area contributed by atoms with Gasteiger partial charge in [-0.2, -0.15) is 0 Å². The monoisotopic (exact) mass is 569 g/mol. The summed E-state index contributed by atoms with van der Waals surface area (Å²) >= 11 is 12.2. The molecule has 10 heteroatoms. The molecule has 204 valence electrons. The molecule has 2 amide bonds. The predicted molar refractivity (Wildman–Crippen MR) is 152 cm³/mol. The van der Waals surface area contributed by atoms with Crippen LogP contribution in [-0.4, -0.2) is 50.5 Å². The summed E-state index contributed by atoms with van der Waals surface area (Å²) < 4.78 is 26.4. The third-order valence-corrected chi connectivity index (χ3v) is 7.98. The van der Waals surface area contributed by atoms with Crippen LogP contribution in [0.4, 0.5) is 5.69 Å². The smallest absolute Gasteiger partial charge is 0.242 e. The highest BCUT2D eigenvalue weighted by molar-refractivity contribution is 7.92. The first-order chi connectivity index (χ1) is 17.5. The Bertz CT molecular complexity index is 1160. The molecule has 0 aliphatic carbocycles. The van der Waals surface area contributed by atoms with E-state index >= 15 is 0 Å². The molecule has 0 aliphatic heterocycles. The predicted octanol–water partition coefficient (Wildman–Crippen LogP) is 5.57. The molecule has 0 heterocycles. The van der Waals surface area contributed by atoms with Crippen LogP contribution in [0.1, 0.15) is 57.1 Å². The number of amides is 2. The summed E-state index contributed by atoms with van der Waals surface area (Å²) in [6.45, 7) is 6.60. The number of unbranched alkanes of at least 4 members (excludes halogenated alkanes) is 1. The van der Waals surface area contributed by atoms with Gasteiger partial charge in [-0.15, -0.1) is 0 Å². The number of hydrogen-bond donors (Lipinski definition) is 1. The van der Waals surface area contributed by atoms with E-state index in [9.17, 15) is 18.0 Å². The fourth-order valence-corrected chi connectivity index (χ4v) is 5.37. The molecule has 2 aromatic rings. The second-order valence-electron chi connectivity index (χ2n) is 9.04. The van der Waals surface area contributed by atoms with Gasteiger partial charge in [0.25, 0.3) is 0 Å². The van der Waals surface area contributed by atoms with Crippen molar-refractivity contribution in [1.29, 1.82) is 0 Å². The molecule has 0 fully saturated rings. The molecule has 0 saturated heterocycles. The SMILES string of the molecule is CCCCNC(=O)[C@@H](CC)N(Cc1ccc(Cl)cc1)C(=O)CCCN(c1cccc(Cl)c1C)S(C)(=O)=O. The Hall–Kier alpha value is -2.29. The minimum absolute atomic E-state index is 0.0813. The van der Waals surface area contributed by atoms with Gasteiger partial charge in [0.15, 0.2) is 0 Å². The Balaban J connectivity index is 2.22. The molecule has 0 spiro atoms. The summed E-state index contributed by atoms with van der Waals surface area (Å²) in [6.07, 6.45) is 3.76. The summed E-state index contributed by atoms with van der Waals surface area (Å²) in [6, 6.07) is 11.6. The van der Waals surface area contributed by atoms with E-state index in [1.807, 2.05) is 26.0 Å². The van der Waals surface area contributed by atoms with Crippen LogP contribution in [0.2, 0.25) is 10.0 Å². The number of hydrogen-bond acceptors (Lipinski definition) is 4. The number of sulfonamides is 1. The van der Waals surface area contributed by atoms with Gasteiger partial charge in [-0.05, 0) is 61.6 Å². The van der Waals surface area contributed by atoms with Gasteiger partial charge in [-0.25, -0.2) is 8.42 Å². The molecule has 0 aromatic heterocycles. The number of carbonyl (C=O) groups excluding carboxylic acids is 2. The second-order valence-corrected chi connectivity index (χ2v) is 11.8. The first kappa shape index (κ1) is 30.9. The highest BCUT2D eigenvalue weighted by Crippen LogP contribution is 2.28. The molecule has 0 bridgehead atoms. The van der Waals surface area contributed by atoms with Crippen LogP contribution in [-0.2, 0) is 26.2 Å². The van der Waals surface area contributed by atoms with E-state index in [4.69, 9.17) is 23.2 Å². The molecule has 0 radical (unpaired) electrons. The van der Waals surface area contributed by atoms with Gasteiger partial charge in [0.05, 0.1) is 11.9 Å². The van der Waals surface area contributed by atoms with Gasteiger partial charge >= 0.3 is 0 Å². The van der Waals surface area contributed by atoms with Gasteiger partial charge < -0.3 is 10.2 Å². The molecular formula is C27H37Cl2N3O4S. The van der Waals surface area contributed by atoms with E-state index in [2.05, 4.69) is 5.32 Å². The average Bonchev–Trinajstić information content (AvgIpc) is 2.84. The highest BCUT2D eigenvalue weighted by atomic mass is 35.5. The van der Waals surface area contributed by atoms with E-state index in [0.717, 1.165) is 24.7 Å². The van der Waals surface area contributed by atoms with Crippen LogP contribution in [0.3, 0.4) is 0 Å². The topological polar surface area (TPSA) is 86.8 Å². The minimum atomic E-state index is -3.60. The number of halogens is 2. The Morgan fingerprint density at radius 2 is 1.70 bits per heavy atom. The van der Waals surface area contributed by atoms with Crippen molar-refractivity contribution < 1.29 is 18.0 Å². The molecule has 37 heavy (non-hydrogen) atoms. The molecule has 1 N–H and O–H groups in total. The van der Waals surface area contributed by atoms with Crippen molar-refractivity contribution in [2.45, 2.75) is 65.5 Å². The quantitative estimate of drug-likeness (QED) is 0.301. The van der Waals surface area contributed by atoms with Crippen molar-refractivity contribution in [1.82, 2.24) is 10.2 Å². The number of anilines is 1. The third-order valence-electron chi connectivity index (χ3n) is 6.14. The van der Waals surface area contributed by atoms with E-state index < -0.39 is 16.1 Å². The Kier molecular flexibility index (Phi) is 12.2. The summed E-state index contributed by atoms with van der Waals surface area (Å²) in [5, 5.41) is 3.99. The first-order valence-corrected chi connectivity index (χ1v) is 15.1. The highest BCUT2D eigenvalue weighted by Gasteiger charge is 2.29. The standard InChI is InChI=1S/C27H37Cl2N3O4S/c1-5-7-17-30-27(34)24(6-2)31(19-21-13-15-22(28)16-14-21)26(33)12-9-18-32(37(4,35)36)25-11-8-10-23(29)20(25)3/h8,10-11,13-16,24H,5-7,9,12,17-19H2,1-4H3,(H,30,34)/t24-/m1/s1. The maximum Gasteiger partial charge on any atom is 0.242 e. The maximum absolute atomic E-state index is 13.5. The van der Waals surface area contributed by atoms with Crippen LogP contribution in [0.5, 0.6) is 0 Å². The van der Waals surface area contributed by atoms with Crippen LogP contribution in [0.15, 0.2) is 42.5 Å². The lowest BCUT2D eigenvalue weighted by Gasteiger charge is -2.31. The van der Waals surface area contributed by atoms with Crippen molar-refractivity contribution in [3.63, 3.8) is 0 Å². The summed E-state index contributed by atoms with van der Waals surface area (Å²) in [5.74, 6) is -0.408. The van der Waals surface area contributed by atoms with Gasteiger partial charge in [-0.3, -0.25) is 13.9 Å². The van der Waals surface area contributed by atoms with Crippen molar-refractivity contribution in [3.05, 3.63) is 63.6 Å². The van der Waals surface area contributed by atoms with Gasteiger partial charge in [0.1, 0.15) is 6.04 Å². The Morgan fingerprint density at radius 3 is 2.30 bits per heavy atom. The molecule has 0 saturated carbocycles. The van der Waals surface area contributed by atoms with Crippen LogP contribution in [0, 0.1) is 6.92 Å². The molecule has 1 atom stereocenters. The number of rotatable bonds is 14. The first-order valence-electron chi connectivity index (χ1n) is 12.5. The van der Waals surface area contributed by atoms with Crippen LogP contribution >= 0.6 is 23.2 Å². The Morgan fingerprint density at radius 1 is 1.03 bits per heavy atom. The largest absolute Gasteiger partial charge is 0.354 e. The van der Waals surface area contributed by atoms with E-state index in [1.165, 1.54) is 4.31 Å². The lowest BCUT2D eigenvalue weighted by molar-refractivity contribution is -0.141. The third kappa shape index (κ3) is 9.20. The van der Waals surface area contributed by atoms with Gasteiger partial charge in [0, 0.05) is 36.1 Å². The molecule has 2 rings (SSSR count). The molecule has 2 aromatic carbocycles. The minimum Gasteiger partial charge on any atom is -0.354 e. The van der Waals surface area contributed by atoms with Crippen molar-refractivity contribution in [3.8, 4) is 0 Å². The average molecular weight is 571 g/mol. The second kappa shape index (κ2) is 14.6. The van der Waals surface area contributed by atoms with Crippen LogP contribution < -0.4 is 9.62 Å². The molecular weight excluding hydrogens is 533 g/mol. The van der Waals surface area contributed by atoms with E-state index in [1.54, 1.807) is 42.2 Å². The molecule has 7 nitrogen and oxygen atoms in total. The zero-order valence-corrected chi connectivity index (χ0v) is 24.3. The number of nitrogens with one attached hydrogen (secondary N) is 1. The number of carbonyl (C=O) groups is 2. The lowest BCUT2D eigenvalue weighted by Crippen LogP contribution is -2.49. The summed E-state index contributed by atoms with van der Waals surface area (Å²) in [7, 11) is -3.60. The fraction of sp³-hybridized carbons (Fsp3) is 0.481. The normalized spacial score (nSPS) is 12.2. The van der Waals surface area contributed by atoms with Gasteiger partial charge in [-0.1, -0.05) is 61.7 Å². The lowest BCUT2D eigenvalue weighted by atomic mass is 10.1. The Labute approximate surface area is 231 Å². The maximum atomic E-state index is 13.5. The fourth-order valence-electron chi connectivity index (χ4n) is 4.06. The number of nitrogens with zero attached hydrogens (tertiary/aromatic N) is 2. The van der Waals surface area contributed by atoms with Gasteiger partial charge in [0.2, 0.25) is 21.8 Å². The summed E-state index contributed by atoms with van der Waals surface area (Å²) in [5.41, 5.74) is 1.99. The molecule has 0 aliphatic rings. The van der Waals surface area contributed by atoms with E-state index in [0.29, 0.717) is 34.3 Å². The van der Waals surface area contributed by atoms with Crippen molar-refractivity contribution in [2.24, 2.45) is 0 Å². The van der Waals surface area contributed by atoms with E-state index in [-0.39, 0.29) is 37.7 Å². The summed E-state index contributed by atoms with van der Waals surface area (Å²) in [4.78, 5) is 28.0. The number of benzene rings is 2.